The summed E-state index contributed by atoms with van der Waals surface area (Å²) < 4.78 is 4.78. The fraction of sp³-hybridized carbons (Fsp3) is 0.667. The monoisotopic (exact) mass is 233 g/mol. The fourth-order valence-corrected chi connectivity index (χ4v) is 1.63. The molecule has 15 heavy (non-hydrogen) atoms. The zero-order chi connectivity index (χ0) is 11.8. The summed E-state index contributed by atoms with van der Waals surface area (Å²) in [6.45, 7) is 5.09. The van der Waals surface area contributed by atoms with Crippen molar-refractivity contribution in [3.8, 4) is 0 Å². The molecule has 0 fully saturated rings. The first-order valence-corrected chi connectivity index (χ1v) is 5.36. The number of rotatable bonds is 5. The van der Waals surface area contributed by atoms with Gasteiger partial charge in [0.1, 0.15) is 7.11 Å². The van der Waals surface area contributed by atoms with Crippen molar-refractivity contribution in [1.29, 1.82) is 0 Å². The van der Waals surface area contributed by atoms with Gasteiger partial charge < -0.3 is 9.57 Å². The molecule has 1 atom stereocenters. The number of thioether (sulfide) groups is 1. The van der Waals surface area contributed by atoms with Gasteiger partial charge in [0, 0.05) is 6.92 Å². The van der Waals surface area contributed by atoms with Gasteiger partial charge >= 0.3 is 5.97 Å². The number of carbonyl (C=O) groups excluding carboxylic acids is 2. The molecule has 0 radical (unpaired) electrons. The van der Waals surface area contributed by atoms with Crippen molar-refractivity contribution in [2.24, 2.45) is 5.16 Å². The van der Waals surface area contributed by atoms with Crippen LogP contribution < -0.4 is 0 Å². The van der Waals surface area contributed by atoms with Gasteiger partial charge in [-0.25, -0.2) is 4.79 Å². The minimum atomic E-state index is -0.555. The molecule has 1 unspecified atom stereocenters. The zero-order valence-corrected chi connectivity index (χ0v) is 10.1. The molecule has 0 aromatic rings. The summed E-state index contributed by atoms with van der Waals surface area (Å²) in [6, 6.07) is 0. The summed E-state index contributed by atoms with van der Waals surface area (Å²) in [4.78, 5) is 26.8. The predicted octanol–water partition coefficient (Wildman–Crippen LogP) is 1.22. The molecule has 0 heterocycles. The van der Waals surface area contributed by atoms with Gasteiger partial charge in [0.2, 0.25) is 0 Å². The Morgan fingerprint density at radius 2 is 2.07 bits per heavy atom. The van der Waals surface area contributed by atoms with Crippen molar-refractivity contribution >= 4 is 28.6 Å². The highest BCUT2D eigenvalue weighted by atomic mass is 32.2. The molecule has 0 bridgehead atoms. The smallest absolute Gasteiger partial charge is 0.357 e. The van der Waals surface area contributed by atoms with Crippen LogP contribution >= 0.6 is 11.8 Å². The number of nitrogens with zero attached hydrogens (tertiary/aromatic N) is 1. The summed E-state index contributed by atoms with van der Waals surface area (Å²) >= 11 is 1.01. The van der Waals surface area contributed by atoms with Crippen LogP contribution in [0.4, 0.5) is 0 Å². The van der Waals surface area contributed by atoms with E-state index >= 15 is 0 Å². The van der Waals surface area contributed by atoms with E-state index in [9.17, 15) is 9.59 Å². The van der Waals surface area contributed by atoms with Crippen LogP contribution in [0.5, 0.6) is 0 Å². The molecule has 0 aromatic carbocycles. The van der Waals surface area contributed by atoms with Crippen molar-refractivity contribution in [2.75, 3.05) is 13.7 Å². The van der Waals surface area contributed by atoms with Crippen LogP contribution in [0.25, 0.3) is 0 Å². The third kappa shape index (κ3) is 5.41. The number of hydrogen-bond donors (Lipinski definition) is 0. The van der Waals surface area contributed by atoms with Crippen LogP contribution in [0.2, 0.25) is 0 Å². The van der Waals surface area contributed by atoms with Gasteiger partial charge in [-0.15, -0.1) is 0 Å². The van der Waals surface area contributed by atoms with Gasteiger partial charge in [0.25, 0.3) is 0 Å². The van der Waals surface area contributed by atoms with Crippen molar-refractivity contribution in [1.82, 2.24) is 0 Å². The molecule has 86 valence electrons. The van der Waals surface area contributed by atoms with Gasteiger partial charge in [0.15, 0.2) is 10.8 Å². The molecule has 0 aliphatic heterocycles. The van der Waals surface area contributed by atoms with Crippen LogP contribution in [0.15, 0.2) is 5.16 Å². The lowest BCUT2D eigenvalue weighted by molar-refractivity contribution is -0.135. The Balaban J connectivity index is 4.58. The lowest BCUT2D eigenvalue weighted by atomic mass is 10.3. The van der Waals surface area contributed by atoms with E-state index in [-0.39, 0.29) is 22.7 Å². The minimum absolute atomic E-state index is 0.0874. The van der Waals surface area contributed by atoms with Crippen molar-refractivity contribution in [2.45, 2.75) is 26.0 Å². The Bertz CT molecular complexity index is 265. The second-order valence-electron chi connectivity index (χ2n) is 2.63. The first kappa shape index (κ1) is 14.0. The van der Waals surface area contributed by atoms with Crippen molar-refractivity contribution < 1.29 is 19.2 Å². The highest BCUT2D eigenvalue weighted by molar-refractivity contribution is 8.14. The Labute approximate surface area is 93.2 Å². The summed E-state index contributed by atoms with van der Waals surface area (Å²) in [6.07, 6.45) is 0. The Kier molecular flexibility index (Phi) is 6.77. The molecule has 0 amide bonds. The van der Waals surface area contributed by atoms with Gasteiger partial charge in [-0.2, -0.15) is 0 Å². The summed E-state index contributed by atoms with van der Waals surface area (Å²) in [5.74, 6) is -0.555. The number of carbonyl (C=O) groups is 2. The van der Waals surface area contributed by atoms with Crippen LogP contribution in [-0.4, -0.2) is 35.8 Å². The third-order valence-electron chi connectivity index (χ3n) is 1.40. The second kappa shape index (κ2) is 7.28. The normalized spacial score (nSPS) is 13.2. The third-order valence-corrected chi connectivity index (χ3v) is 2.31. The lowest BCUT2D eigenvalue weighted by Gasteiger charge is -2.10. The van der Waals surface area contributed by atoms with Gasteiger partial charge in [-0.1, -0.05) is 16.9 Å². The molecule has 0 saturated heterocycles. The Morgan fingerprint density at radius 1 is 1.47 bits per heavy atom. The first-order chi connectivity index (χ1) is 7.02. The van der Waals surface area contributed by atoms with E-state index in [2.05, 4.69) is 9.99 Å². The fourth-order valence-electron chi connectivity index (χ4n) is 0.886. The maximum atomic E-state index is 11.4. The molecule has 0 aliphatic rings. The Hall–Kier alpha value is -1.04. The molecule has 0 aromatic heterocycles. The highest BCUT2D eigenvalue weighted by Gasteiger charge is 2.23. The van der Waals surface area contributed by atoms with E-state index in [1.165, 1.54) is 14.0 Å². The Morgan fingerprint density at radius 3 is 2.47 bits per heavy atom. The standard InChI is InChI=1S/C9H15NO4S/c1-5-14-9(12)8(10-13-4)6(2)15-7(3)11/h6H,5H2,1-4H3. The average molecular weight is 233 g/mol. The summed E-state index contributed by atoms with van der Waals surface area (Å²) in [7, 11) is 1.34. The highest BCUT2D eigenvalue weighted by Crippen LogP contribution is 2.14. The molecule has 0 rings (SSSR count). The molecule has 0 spiro atoms. The van der Waals surface area contributed by atoms with E-state index in [1.54, 1.807) is 13.8 Å². The van der Waals surface area contributed by atoms with E-state index in [0.29, 0.717) is 0 Å². The molecule has 0 saturated carbocycles. The minimum Gasteiger partial charge on any atom is -0.461 e. The maximum absolute atomic E-state index is 11.4. The molecule has 6 heteroatoms. The summed E-state index contributed by atoms with van der Waals surface area (Å²) in [5.41, 5.74) is 0.111. The van der Waals surface area contributed by atoms with Crippen molar-refractivity contribution in [3.05, 3.63) is 0 Å². The number of ether oxygens (including phenoxy) is 1. The molecular formula is C9H15NO4S. The second-order valence-corrected chi connectivity index (χ2v) is 4.15. The zero-order valence-electron chi connectivity index (χ0n) is 9.27. The summed E-state index contributed by atoms with van der Waals surface area (Å²) in [5, 5.41) is 3.10. The number of esters is 1. The van der Waals surface area contributed by atoms with Crippen LogP contribution in [0.3, 0.4) is 0 Å². The number of hydrogen-bond acceptors (Lipinski definition) is 6. The van der Waals surface area contributed by atoms with Gasteiger partial charge in [-0.05, 0) is 13.8 Å². The van der Waals surface area contributed by atoms with Gasteiger partial charge in [0.05, 0.1) is 11.9 Å². The predicted molar refractivity (Wildman–Crippen MR) is 58.8 cm³/mol. The van der Waals surface area contributed by atoms with Crippen LogP contribution in [0.1, 0.15) is 20.8 Å². The lowest BCUT2D eigenvalue weighted by Crippen LogP contribution is -2.27. The maximum Gasteiger partial charge on any atom is 0.357 e. The molecule has 5 nitrogen and oxygen atoms in total. The van der Waals surface area contributed by atoms with E-state index in [4.69, 9.17) is 4.74 Å². The largest absolute Gasteiger partial charge is 0.461 e. The van der Waals surface area contributed by atoms with Crippen molar-refractivity contribution in [3.63, 3.8) is 0 Å². The molecule has 0 aliphatic carbocycles. The quantitative estimate of drug-likeness (QED) is 0.406. The molecule has 0 N–H and O–H groups in total. The van der Waals surface area contributed by atoms with E-state index in [0.717, 1.165) is 11.8 Å². The van der Waals surface area contributed by atoms with Crippen LogP contribution in [0, 0.1) is 0 Å². The molecular weight excluding hydrogens is 218 g/mol. The van der Waals surface area contributed by atoms with Gasteiger partial charge in [-0.3, -0.25) is 4.79 Å². The topological polar surface area (TPSA) is 65.0 Å². The first-order valence-electron chi connectivity index (χ1n) is 4.48. The average Bonchev–Trinajstić information content (AvgIpc) is 2.13. The van der Waals surface area contributed by atoms with E-state index in [1.807, 2.05) is 0 Å². The SMILES string of the molecule is CCOC(=O)C(=NOC)C(C)SC(C)=O. The van der Waals surface area contributed by atoms with Crippen LogP contribution in [-0.2, 0) is 19.2 Å². The number of oxime groups is 1. The van der Waals surface area contributed by atoms with E-state index < -0.39 is 5.97 Å².